The molecule has 113 heavy (non-hydrogen) atoms. The Morgan fingerprint density at radius 1 is 0.265 bits per heavy atom. The smallest absolute Gasteiger partial charge is 0.200 e. The number of aromatic nitrogens is 4. The van der Waals surface area contributed by atoms with Gasteiger partial charge >= 0.3 is 0 Å². The van der Waals surface area contributed by atoms with Gasteiger partial charge in [-0.05, 0) is 306 Å². The highest BCUT2D eigenvalue weighted by atomic mass is 15.0. The van der Waals surface area contributed by atoms with Gasteiger partial charge in [0.05, 0.1) is 43.7 Å². The molecule has 6 aliphatic carbocycles. The lowest BCUT2D eigenvalue weighted by Gasteiger charge is -2.28. The molecule has 0 bridgehead atoms. The summed E-state index contributed by atoms with van der Waals surface area (Å²) in [4.78, 5) is 0. The summed E-state index contributed by atoms with van der Waals surface area (Å²) in [6.45, 7) is 24.0. The molecule has 0 N–H and O–H groups in total. The number of hydrogen-bond acceptors (Lipinski definition) is 0. The molecule has 0 spiro atoms. The van der Waals surface area contributed by atoms with Crippen LogP contribution in [0.2, 0.25) is 0 Å². The van der Waals surface area contributed by atoms with E-state index in [1.807, 2.05) is 35.4 Å². The van der Waals surface area contributed by atoms with E-state index in [1.165, 1.54) is 297 Å². The fraction of sp³-hybridized carbons (Fsp3) is 0.450. The molecule has 0 radical (unpaired) electrons. The lowest BCUT2D eigenvalue weighted by atomic mass is 9.76. The van der Waals surface area contributed by atoms with Crippen LogP contribution < -0.4 is 18.3 Å². The Morgan fingerprint density at radius 3 is 0.947 bits per heavy atom. The summed E-state index contributed by atoms with van der Waals surface area (Å²) >= 11 is 0. The van der Waals surface area contributed by atoms with Gasteiger partial charge < -0.3 is 0 Å². The zero-order valence-corrected chi connectivity index (χ0v) is 71.7. The summed E-state index contributed by atoms with van der Waals surface area (Å²) in [7, 11) is 8.17. The minimum atomic E-state index is 0.291. The van der Waals surface area contributed by atoms with Crippen molar-refractivity contribution in [2.24, 2.45) is 28.2 Å². The number of fused-ring (bicyclic) bond motifs is 4. The predicted molar refractivity (Wildman–Crippen MR) is 480 cm³/mol. The third kappa shape index (κ3) is 17.2. The van der Waals surface area contributed by atoms with E-state index in [2.05, 4.69) is 215 Å². The van der Waals surface area contributed by atoms with Gasteiger partial charge in [-0.2, -0.15) is 9.13 Å². The van der Waals surface area contributed by atoms with E-state index < -0.39 is 0 Å². The van der Waals surface area contributed by atoms with Crippen molar-refractivity contribution in [3.05, 3.63) is 259 Å². The van der Waals surface area contributed by atoms with Crippen LogP contribution >= 0.6 is 0 Å². The van der Waals surface area contributed by atoms with E-state index in [9.17, 15) is 0 Å². The normalized spacial score (nSPS) is 17.8. The monoisotopic (exact) mass is 1510 g/mol. The highest BCUT2D eigenvalue weighted by Gasteiger charge is 2.32. The maximum atomic E-state index is 8.71. The molecule has 0 amide bonds. The van der Waals surface area contributed by atoms with Crippen LogP contribution in [0.25, 0.3) is 88.1 Å². The molecule has 18 rings (SSSR count). The first-order chi connectivity index (χ1) is 57.3. The molecule has 4 heteroatoms. The van der Waals surface area contributed by atoms with Crippen LogP contribution in [0.3, 0.4) is 0 Å². The average Bonchev–Trinajstić information content (AvgIpc) is 1.44. The molecule has 8 aromatic carbocycles. The molecular formula is C109H134N4+4. The number of benzene rings is 8. The molecule has 12 aromatic rings. The Labute approximate surface area is 689 Å². The molecule has 4 aromatic heterocycles. The van der Waals surface area contributed by atoms with Crippen LogP contribution in [0.15, 0.2) is 164 Å². The molecule has 0 unspecified atom stereocenters. The summed E-state index contributed by atoms with van der Waals surface area (Å²) in [6.07, 6.45) is 37.9. The minimum absolute atomic E-state index is 0.291. The molecule has 6 fully saturated rings. The first-order valence-corrected chi connectivity index (χ1v) is 44.4. The molecule has 0 atom stereocenters. The van der Waals surface area contributed by atoms with Crippen LogP contribution in [-0.4, -0.2) is 0 Å². The third-order valence-electron chi connectivity index (χ3n) is 28.2. The summed E-state index contributed by atoms with van der Waals surface area (Å²) < 4.78 is 60.1. The molecular weight excluding hydrogens is 1370 g/mol. The van der Waals surface area contributed by atoms with E-state index in [0.29, 0.717) is 72.0 Å². The minimum Gasteiger partial charge on any atom is -0.200 e. The van der Waals surface area contributed by atoms with Crippen LogP contribution in [0, 0.1) is 76.2 Å². The lowest BCUT2D eigenvalue weighted by molar-refractivity contribution is -0.665. The lowest BCUT2D eigenvalue weighted by Crippen LogP contribution is -2.35. The van der Waals surface area contributed by atoms with Gasteiger partial charge in [0.25, 0.3) is 0 Å². The van der Waals surface area contributed by atoms with Crippen molar-refractivity contribution in [1.82, 2.24) is 0 Å². The van der Waals surface area contributed by atoms with E-state index >= 15 is 0 Å². The fourth-order valence-corrected chi connectivity index (χ4v) is 21.2. The first kappa shape index (κ1) is 72.1. The Kier molecular flexibility index (Phi) is 22.5. The first-order valence-electron chi connectivity index (χ1n) is 47.4. The maximum Gasteiger partial charge on any atom is 0.220 e. The Morgan fingerprint density at radius 2 is 0.566 bits per heavy atom. The quantitative estimate of drug-likeness (QED) is 0.121. The molecule has 6 saturated carbocycles. The highest BCUT2D eigenvalue weighted by molar-refractivity contribution is 5.98. The fourth-order valence-electron chi connectivity index (χ4n) is 21.2. The average molecular weight is 1510 g/mol. The van der Waals surface area contributed by atoms with Crippen molar-refractivity contribution in [3.63, 3.8) is 0 Å². The van der Waals surface area contributed by atoms with Crippen LogP contribution in [0.5, 0.6) is 0 Å². The SMILES string of the molecule is [2H]c1c(C)[n+](C)c(-c2cc(C3CCCCC3)cc(C)c2C)c2cc(C)ccc12.[2H]c1c(C)[n+](C)c(-c2cc(C3CCCCC3)ccc2C)c2cc(C)ccc12.[2H]c1c([2H])[n+](C)c(-c2cc(C3CCCC3)cc(C3CCCC3)c2C)c2cc(C)ccc12.[2H]c1c([2H])[n+](C)c(-c2cc(C3CCCCC3)cc(C3CCCCC3)c2C)c2cc(C)ccc12. The number of nitrogens with zero attached hydrogens (tertiary/aromatic N) is 4. The molecule has 4 nitrogen and oxygen atoms in total. The van der Waals surface area contributed by atoms with Crippen LogP contribution in [-0.2, 0) is 28.2 Å². The second-order valence-corrected chi connectivity index (χ2v) is 36.2. The van der Waals surface area contributed by atoms with Gasteiger partial charge in [-0.25, -0.2) is 9.13 Å². The molecule has 6 aliphatic rings. The van der Waals surface area contributed by atoms with Gasteiger partial charge in [0.1, 0.15) is 30.9 Å². The summed E-state index contributed by atoms with van der Waals surface area (Å²) in [5.74, 6) is 4.05. The van der Waals surface area contributed by atoms with Crippen molar-refractivity contribution in [1.29, 1.82) is 0 Å². The number of aryl methyl sites for hydroxylation is 6. The maximum absolute atomic E-state index is 8.71. The zero-order chi connectivity index (χ0) is 83.9. The van der Waals surface area contributed by atoms with E-state index in [1.54, 1.807) is 11.1 Å². The molecule has 4 heterocycles. The second-order valence-electron chi connectivity index (χ2n) is 36.2. The van der Waals surface area contributed by atoms with Gasteiger partial charge in [0.2, 0.25) is 22.8 Å². The summed E-state index contributed by atoms with van der Waals surface area (Å²) in [6, 6.07) is 49.5. The van der Waals surface area contributed by atoms with Gasteiger partial charge in [0.15, 0.2) is 23.7 Å². The molecule has 586 valence electrons. The second kappa shape index (κ2) is 35.2. The standard InChI is InChI=1S/C30H38N.C28H34N.C26H32N.C25H30N/c1-21-14-15-25-16-17-31(3)30(29(25)18-21)28-20-26(23-10-6-4-7-11-23)19-27(22(28)2)24-12-8-5-9-13-24;1-19-12-13-23-14-15-29(3)28(27(23)16-19)26-18-24(21-8-4-5-9-21)17-25(20(26)2)22-10-6-7-11-22;1-17-11-12-22-15-19(3)27(5)26(25(22)13-17)24-16-23(14-18(2)20(24)4)21-9-7-6-8-10-21;1-17-10-12-22-15-19(3)26(4)25(24(22)14-17)23-16-21(13-11-18(23)2)20-8-6-5-7-9-20/h14-20,23-24H,4-13H2,1-3H3;12-18,21-22H,4-11H2,1-3H3;11-16,21H,6-10H2,1-5H3;10-16,20H,5-9H2,1-4H3/q4*+1/i16D,17D;14D,15D;2*15D. The van der Waals surface area contributed by atoms with Crippen molar-refractivity contribution in [2.45, 2.75) is 291 Å². The van der Waals surface area contributed by atoms with Crippen molar-refractivity contribution >= 4 is 43.1 Å². The van der Waals surface area contributed by atoms with Crippen molar-refractivity contribution in [3.8, 4) is 45.0 Å². The van der Waals surface area contributed by atoms with Crippen molar-refractivity contribution in [2.75, 3.05) is 0 Å². The van der Waals surface area contributed by atoms with Gasteiger partial charge in [-0.1, -0.05) is 204 Å². The Bertz CT molecular complexity index is 5830. The largest absolute Gasteiger partial charge is 0.220 e. The highest BCUT2D eigenvalue weighted by Crippen LogP contribution is 2.47. The molecule has 0 aliphatic heterocycles. The zero-order valence-electron chi connectivity index (χ0n) is 77.7. The Balaban J connectivity index is 0.000000124. The Hall–Kier alpha value is -8.60. The number of hydrogen-bond donors (Lipinski definition) is 0. The van der Waals surface area contributed by atoms with Crippen LogP contribution in [0.1, 0.15) is 318 Å². The number of pyridine rings is 4. The topological polar surface area (TPSA) is 15.5 Å². The number of rotatable bonds is 10. The van der Waals surface area contributed by atoms with Gasteiger partial charge in [-0.3, -0.25) is 0 Å². The van der Waals surface area contributed by atoms with E-state index in [4.69, 9.17) is 8.22 Å². The predicted octanol–water partition coefficient (Wildman–Crippen LogP) is 28.2. The van der Waals surface area contributed by atoms with E-state index in [-0.39, 0.29) is 0 Å². The van der Waals surface area contributed by atoms with Crippen LogP contribution in [0.4, 0.5) is 0 Å². The van der Waals surface area contributed by atoms with Crippen molar-refractivity contribution < 1.29 is 26.5 Å². The van der Waals surface area contributed by atoms with Gasteiger partial charge in [-0.15, -0.1) is 0 Å². The van der Waals surface area contributed by atoms with E-state index in [0.717, 1.165) is 55.1 Å². The van der Waals surface area contributed by atoms with Gasteiger partial charge in [0, 0.05) is 43.6 Å². The summed E-state index contributed by atoms with van der Waals surface area (Å²) in [5, 5.41) is 8.48. The summed E-state index contributed by atoms with van der Waals surface area (Å²) in [5.41, 5.74) is 32.8. The molecule has 0 saturated heterocycles. The third-order valence-corrected chi connectivity index (χ3v) is 28.2.